The van der Waals surface area contributed by atoms with E-state index in [4.69, 9.17) is 4.74 Å². The van der Waals surface area contributed by atoms with Gasteiger partial charge >= 0.3 is 0 Å². The Balaban J connectivity index is 2.30. The molecular weight excluding hydrogens is 335 g/mol. The van der Waals surface area contributed by atoms with Gasteiger partial charge in [-0.2, -0.15) is 0 Å². The van der Waals surface area contributed by atoms with Crippen LogP contribution in [0.15, 0.2) is 46.7 Å². The third-order valence-corrected chi connectivity index (χ3v) is 4.14. The Morgan fingerprint density at radius 2 is 2.12 bits per heavy atom. The average Bonchev–Trinajstić information content (AvgIpc) is 2.33. The first kappa shape index (κ1) is 11.7. The van der Waals surface area contributed by atoms with Crippen LogP contribution in [0.5, 0.6) is 5.75 Å². The fraction of sp³-hybridized carbons (Fsp3) is 0.0909. The summed E-state index contributed by atoms with van der Waals surface area (Å²) in [5.74, 6) is 0.863. The maximum atomic E-state index is 5.29. The molecule has 2 rings (SSSR count). The van der Waals surface area contributed by atoms with E-state index in [1.54, 1.807) is 31.4 Å². The van der Waals surface area contributed by atoms with E-state index in [2.05, 4.69) is 32.6 Å². The van der Waals surface area contributed by atoms with Gasteiger partial charge in [-0.1, -0.05) is 23.9 Å². The van der Waals surface area contributed by atoms with Gasteiger partial charge in [0.2, 0.25) is 0 Å². The maximum absolute atomic E-state index is 5.29. The molecule has 0 bridgehead atoms. The molecule has 0 aliphatic carbocycles. The summed E-state index contributed by atoms with van der Waals surface area (Å²) in [6.07, 6.45) is 3.35. The summed E-state index contributed by atoms with van der Waals surface area (Å²) < 4.78 is 6.33. The van der Waals surface area contributed by atoms with Gasteiger partial charge in [0, 0.05) is 6.20 Å². The highest BCUT2D eigenvalue weighted by Gasteiger charge is 2.07. The van der Waals surface area contributed by atoms with Crippen molar-refractivity contribution in [1.29, 1.82) is 0 Å². The zero-order chi connectivity index (χ0) is 11.4. The highest BCUT2D eigenvalue weighted by atomic mass is 127. The summed E-state index contributed by atoms with van der Waals surface area (Å²) in [7, 11) is 1.67. The molecule has 1 aromatic carbocycles. The summed E-state index contributed by atoms with van der Waals surface area (Å²) in [5, 5.41) is 0.945. The van der Waals surface area contributed by atoms with Crippen LogP contribution in [0, 0.1) is 3.57 Å². The van der Waals surface area contributed by atoms with Gasteiger partial charge in [0.05, 0.1) is 15.6 Å². The van der Waals surface area contributed by atoms with Gasteiger partial charge in [-0.3, -0.25) is 0 Å². The van der Waals surface area contributed by atoms with Crippen LogP contribution in [0.1, 0.15) is 0 Å². The van der Waals surface area contributed by atoms with E-state index in [-0.39, 0.29) is 0 Å². The quantitative estimate of drug-likeness (QED) is 0.633. The highest BCUT2D eigenvalue weighted by Crippen LogP contribution is 2.35. The van der Waals surface area contributed by atoms with Crippen LogP contribution in [0.3, 0.4) is 0 Å². The van der Waals surface area contributed by atoms with Crippen LogP contribution in [-0.4, -0.2) is 17.1 Å². The largest absolute Gasteiger partial charge is 0.496 e. The van der Waals surface area contributed by atoms with Crippen molar-refractivity contribution < 1.29 is 4.74 Å². The topological polar surface area (TPSA) is 35.0 Å². The first-order chi connectivity index (χ1) is 7.81. The number of para-hydroxylation sites is 1. The van der Waals surface area contributed by atoms with Crippen LogP contribution in [0.25, 0.3) is 0 Å². The van der Waals surface area contributed by atoms with Crippen molar-refractivity contribution in [3.63, 3.8) is 0 Å². The number of aromatic nitrogens is 2. The van der Waals surface area contributed by atoms with Gasteiger partial charge in [0.25, 0.3) is 0 Å². The van der Waals surface area contributed by atoms with Crippen molar-refractivity contribution in [3.05, 3.63) is 40.4 Å². The molecule has 0 radical (unpaired) electrons. The summed E-state index contributed by atoms with van der Waals surface area (Å²) in [5.41, 5.74) is 0. The van der Waals surface area contributed by atoms with Crippen LogP contribution >= 0.6 is 34.4 Å². The van der Waals surface area contributed by atoms with Gasteiger partial charge in [-0.05, 0) is 34.7 Å². The van der Waals surface area contributed by atoms with Crippen molar-refractivity contribution in [2.45, 2.75) is 9.92 Å². The Morgan fingerprint density at radius 3 is 2.88 bits per heavy atom. The van der Waals surface area contributed by atoms with E-state index in [1.807, 2.05) is 24.3 Å². The monoisotopic (exact) mass is 344 g/mol. The first-order valence-electron chi connectivity index (χ1n) is 4.57. The van der Waals surface area contributed by atoms with Crippen LogP contribution in [0.4, 0.5) is 0 Å². The molecule has 0 amide bonds. The van der Waals surface area contributed by atoms with E-state index in [0.717, 1.165) is 19.2 Å². The van der Waals surface area contributed by atoms with Crippen molar-refractivity contribution in [3.8, 4) is 5.75 Å². The molecule has 0 fully saturated rings. The van der Waals surface area contributed by atoms with Crippen molar-refractivity contribution >= 4 is 34.4 Å². The molecule has 1 heterocycles. The summed E-state index contributed by atoms with van der Waals surface area (Å²) in [6.45, 7) is 0. The van der Waals surface area contributed by atoms with Crippen molar-refractivity contribution in [2.24, 2.45) is 0 Å². The molecule has 16 heavy (non-hydrogen) atoms. The number of hydrogen-bond donors (Lipinski definition) is 0. The number of hydrogen-bond acceptors (Lipinski definition) is 4. The number of benzene rings is 1. The van der Waals surface area contributed by atoms with Crippen molar-refractivity contribution in [2.75, 3.05) is 7.11 Å². The third kappa shape index (κ3) is 2.65. The molecule has 5 heteroatoms. The summed E-state index contributed by atoms with van der Waals surface area (Å²) >= 11 is 3.81. The molecule has 0 aliphatic heterocycles. The summed E-state index contributed by atoms with van der Waals surface area (Å²) in [6, 6.07) is 7.89. The Labute approximate surface area is 112 Å². The van der Waals surface area contributed by atoms with Crippen molar-refractivity contribution in [1.82, 2.24) is 9.97 Å². The van der Waals surface area contributed by atoms with E-state index in [0.29, 0.717) is 0 Å². The fourth-order valence-electron chi connectivity index (χ4n) is 1.18. The minimum atomic E-state index is 0.863. The minimum absolute atomic E-state index is 0.863. The summed E-state index contributed by atoms with van der Waals surface area (Å²) in [4.78, 5) is 9.26. The second-order valence-corrected chi connectivity index (χ2v) is 5.12. The average molecular weight is 344 g/mol. The third-order valence-electron chi connectivity index (χ3n) is 1.91. The second kappa shape index (κ2) is 5.49. The van der Waals surface area contributed by atoms with Crippen LogP contribution in [0.2, 0.25) is 0 Å². The molecule has 2 aromatic rings. The van der Waals surface area contributed by atoms with Crippen LogP contribution < -0.4 is 4.74 Å². The van der Waals surface area contributed by atoms with Gasteiger partial charge in [-0.25, -0.2) is 9.97 Å². The molecule has 0 unspecified atom stereocenters. The lowest BCUT2D eigenvalue weighted by Gasteiger charge is -2.07. The molecule has 1 aromatic heterocycles. The SMILES string of the molecule is COc1ccccc1Sc1ncncc1I. The van der Waals surface area contributed by atoms with Crippen LogP contribution in [-0.2, 0) is 0 Å². The lowest BCUT2D eigenvalue weighted by atomic mass is 10.3. The molecular formula is C11H9IN2OS. The Morgan fingerprint density at radius 1 is 1.31 bits per heavy atom. The Hall–Kier alpha value is -0.820. The number of nitrogens with zero attached hydrogens (tertiary/aromatic N) is 2. The zero-order valence-corrected chi connectivity index (χ0v) is 11.5. The zero-order valence-electron chi connectivity index (χ0n) is 8.55. The van der Waals surface area contributed by atoms with E-state index in [1.165, 1.54) is 0 Å². The molecule has 0 atom stereocenters. The number of halogens is 1. The fourth-order valence-corrected chi connectivity index (χ4v) is 2.67. The second-order valence-electron chi connectivity index (χ2n) is 2.93. The predicted octanol–water partition coefficient (Wildman–Crippen LogP) is 3.24. The lowest BCUT2D eigenvalue weighted by Crippen LogP contribution is -1.89. The molecule has 0 N–H and O–H groups in total. The van der Waals surface area contributed by atoms with Gasteiger partial charge in [0.15, 0.2) is 0 Å². The lowest BCUT2D eigenvalue weighted by molar-refractivity contribution is 0.405. The predicted molar refractivity (Wildman–Crippen MR) is 71.9 cm³/mol. The van der Waals surface area contributed by atoms with E-state index < -0.39 is 0 Å². The van der Waals surface area contributed by atoms with Gasteiger partial charge < -0.3 is 4.74 Å². The maximum Gasteiger partial charge on any atom is 0.132 e. The Kier molecular flexibility index (Phi) is 4.00. The smallest absolute Gasteiger partial charge is 0.132 e. The molecule has 0 saturated heterocycles. The number of rotatable bonds is 3. The molecule has 0 saturated carbocycles. The van der Waals surface area contributed by atoms with Gasteiger partial charge in [-0.15, -0.1) is 0 Å². The normalized spacial score (nSPS) is 10.1. The minimum Gasteiger partial charge on any atom is -0.496 e. The van der Waals surface area contributed by atoms with Gasteiger partial charge in [0.1, 0.15) is 17.1 Å². The number of methoxy groups -OCH3 is 1. The first-order valence-corrected chi connectivity index (χ1v) is 6.47. The van der Waals surface area contributed by atoms with E-state index >= 15 is 0 Å². The molecule has 0 spiro atoms. The van der Waals surface area contributed by atoms with E-state index in [9.17, 15) is 0 Å². The standard InChI is InChI=1S/C11H9IN2OS/c1-15-9-4-2-3-5-10(9)16-11-8(12)6-13-7-14-11/h2-7H,1H3. The molecule has 3 nitrogen and oxygen atoms in total. The molecule has 0 aliphatic rings. The highest BCUT2D eigenvalue weighted by molar-refractivity contribution is 14.1. The molecule has 82 valence electrons. The number of ether oxygens (including phenoxy) is 1. The Bertz CT molecular complexity index is 493.